The van der Waals surface area contributed by atoms with Gasteiger partial charge in [0.25, 0.3) is 0 Å². The summed E-state index contributed by atoms with van der Waals surface area (Å²) < 4.78 is 10.4. The molecule has 0 saturated carbocycles. The van der Waals surface area contributed by atoms with Crippen molar-refractivity contribution >= 4 is 47.0 Å². The van der Waals surface area contributed by atoms with Gasteiger partial charge in [-0.15, -0.1) is 11.6 Å². The Labute approximate surface area is 272 Å². The summed E-state index contributed by atoms with van der Waals surface area (Å²) in [6.07, 6.45) is 0.295. The molecule has 0 bridgehead atoms. The molecule has 0 spiro atoms. The largest absolute Gasteiger partial charge is 0.444 e. The molecule has 2 amide bonds. The van der Waals surface area contributed by atoms with Crippen LogP contribution in [0.25, 0.3) is 0 Å². The molecule has 2 aromatic carbocycles. The topological polar surface area (TPSA) is 107 Å². The van der Waals surface area contributed by atoms with Crippen molar-refractivity contribution in [1.29, 1.82) is 10.5 Å². The van der Waals surface area contributed by atoms with Crippen LogP contribution in [0.2, 0.25) is 10.0 Å². The molecule has 2 rings (SSSR count). The highest BCUT2D eigenvalue weighted by molar-refractivity contribution is 6.30. The van der Waals surface area contributed by atoms with Crippen LogP contribution in [0.1, 0.15) is 65.0 Å². The van der Waals surface area contributed by atoms with Gasteiger partial charge in [-0.05, 0) is 83.4 Å². The lowest BCUT2D eigenvalue weighted by molar-refractivity contribution is 0.0290. The first kappa shape index (κ1) is 39.8. The van der Waals surface area contributed by atoms with E-state index in [4.69, 9.17) is 49.5 Å². The molecule has 0 aromatic heterocycles. The highest BCUT2D eigenvalue weighted by Crippen LogP contribution is 2.21. The molecule has 0 aliphatic rings. The number of rotatable bonds is 7. The van der Waals surface area contributed by atoms with E-state index in [-0.39, 0.29) is 18.1 Å². The smallest absolute Gasteiger partial charge is 0.410 e. The lowest BCUT2D eigenvalue weighted by Gasteiger charge is -2.25. The Morgan fingerprint density at radius 2 is 1.21 bits per heavy atom. The first-order valence-corrected chi connectivity index (χ1v) is 14.9. The number of nitriles is 2. The van der Waals surface area contributed by atoms with Crippen LogP contribution >= 0.6 is 34.8 Å². The SMILES string of the molecule is CN(CCC(C#N)c1ccc(Cl)cc1)C(=O)OC(C)(C)C.CN(CCCl)C(=O)OC(C)(C)C.N#CCc1ccc(Cl)cc1. The minimum atomic E-state index is -0.518. The Morgan fingerprint density at radius 1 is 0.791 bits per heavy atom. The molecular formula is C32H43Cl3N4O4. The van der Waals surface area contributed by atoms with Crippen molar-refractivity contribution in [3.8, 4) is 12.1 Å². The quantitative estimate of drug-likeness (QED) is 0.277. The van der Waals surface area contributed by atoms with E-state index in [1.807, 2.05) is 65.8 Å². The normalized spacial score (nSPS) is 11.2. The predicted octanol–water partition coefficient (Wildman–Crippen LogP) is 8.70. The third-order valence-electron chi connectivity index (χ3n) is 5.21. The van der Waals surface area contributed by atoms with E-state index in [1.54, 1.807) is 38.4 Å². The van der Waals surface area contributed by atoms with Crippen molar-refractivity contribution in [3.05, 3.63) is 69.7 Å². The Morgan fingerprint density at radius 3 is 1.58 bits per heavy atom. The molecule has 0 fully saturated rings. The first-order chi connectivity index (χ1) is 19.9. The molecule has 0 heterocycles. The molecular weight excluding hydrogens is 611 g/mol. The number of nitrogens with zero attached hydrogens (tertiary/aromatic N) is 4. The first-order valence-electron chi connectivity index (χ1n) is 13.6. The van der Waals surface area contributed by atoms with E-state index in [0.717, 1.165) is 11.1 Å². The minimum absolute atomic E-state index is 0.271. The van der Waals surface area contributed by atoms with Crippen LogP contribution in [0.3, 0.4) is 0 Å². The van der Waals surface area contributed by atoms with E-state index in [1.165, 1.54) is 9.80 Å². The third-order valence-corrected chi connectivity index (χ3v) is 5.88. The van der Waals surface area contributed by atoms with Gasteiger partial charge in [0.05, 0.1) is 24.5 Å². The van der Waals surface area contributed by atoms with Gasteiger partial charge in [0.1, 0.15) is 11.2 Å². The maximum absolute atomic E-state index is 11.8. The molecule has 11 heteroatoms. The number of halogens is 3. The summed E-state index contributed by atoms with van der Waals surface area (Å²) in [4.78, 5) is 26.0. The van der Waals surface area contributed by atoms with Crippen molar-refractivity contribution in [2.75, 3.05) is 33.1 Å². The van der Waals surface area contributed by atoms with Crippen LogP contribution in [0.5, 0.6) is 0 Å². The molecule has 0 N–H and O–H groups in total. The molecule has 0 radical (unpaired) electrons. The van der Waals surface area contributed by atoms with Gasteiger partial charge in [0.15, 0.2) is 0 Å². The molecule has 8 nitrogen and oxygen atoms in total. The second-order valence-corrected chi connectivity index (χ2v) is 12.7. The maximum atomic E-state index is 11.8. The van der Waals surface area contributed by atoms with Gasteiger partial charge in [-0.1, -0.05) is 47.5 Å². The van der Waals surface area contributed by atoms with E-state index in [9.17, 15) is 14.9 Å². The number of hydrogen-bond acceptors (Lipinski definition) is 6. The van der Waals surface area contributed by atoms with E-state index in [0.29, 0.717) is 41.9 Å². The summed E-state index contributed by atoms with van der Waals surface area (Å²) in [5.41, 5.74) is 0.958. The van der Waals surface area contributed by atoms with Crippen molar-refractivity contribution in [2.24, 2.45) is 0 Å². The fraction of sp³-hybridized carbons (Fsp3) is 0.500. The van der Waals surface area contributed by atoms with E-state index in [2.05, 4.69) is 12.1 Å². The van der Waals surface area contributed by atoms with Gasteiger partial charge >= 0.3 is 12.2 Å². The number of hydrogen-bond donors (Lipinski definition) is 0. The van der Waals surface area contributed by atoms with Crippen molar-refractivity contribution < 1.29 is 19.1 Å². The summed E-state index contributed by atoms with van der Waals surface area (Å²) >= 11 is 16.9. The Hall–Kier alpha value is -3.17. The summed E-state index contributed by atoms with van der Waals surface area (Å²) in [6, 6.07) is 18.8. The van der Waals surface area contributed by atoms with Crippen molar-refractivity contribution in [2.45, 2.75) is 71.5 Å². The third kappa shape index (κ3) is 19.6. The summed E-state index contributed by atoms with van der Waals surface area (Å²) in [7, 11) is 3.33. The van der Waals surface area contributed by atoms with Gasteiger partial charge in [-0.2, -0.15) is 10.5 Å². The zero-order valence-corrected chi connectivity index (χ0v) is 28.6. The van der Waals surface area contributed by atoms with Gasteiger partial charge in [-0.3, -0.25) is 0 Å². The zero-order chi connectivity index (χ0) is 33.2. The summed E-state index contributed by atoms with van der Waals surface area (Å²) in [5.74, 6) is 0.155. The van der Waals surface area contributed by atoms with Gasteiger partial charge in [0.2, 0.25) is 0 Å². The standard InChI is InChI=1S/C16H21ClN2O2.C8H16ClNO2.C8H6ClN/c1-16(2,3)21-15(20)19(4)10-9-13(11-18)12-5-7-14(17)8-6-12;1-8(2,3)12-7(11)10(4)6-5-9;9-8-3-1-7(2-4-8)5-6-10/h5-8,13H,9-10H2,1-4H3;5-6H2,1-4H3;1-4H,5H2. The lowest BCUT2D eigenvalue weighted by atomic mass is 9.97. The molecule has 0 aliphatic carbocycles. The fourth-order valence-corrected chi connectivity index (χ4v) is 3.51. The number of amides is 2. The number of alkyl halides is 1. The summed E-state index contributed by atoms with van der Waals surface area (Å²) in [5, 5.41) is 18.9. The lowest BCUT2D eigenvalue weighted by Crippen LogP contribution is -2.35. The van der Waals surface area contributed by atoms with E-state index < -0.39 is 11.2 Å². The molecule has 1 atom stereocenters. The monoisotopic (exact) mass is 652 g/mol. The molecule has 0 aliphatic heterocycles. The maximum Gasteiger partial charge on any atom is 0.410 e. The van der Waals surface area contributed by atoms with Crippen LogP contribution < -0.4 is 0 Å². The second kappa shape index (κ2) is 19.9. The average Bonchev–Trinajstić information content (AvgIpc) is 2.90. The molecule has 1 unspecified atom stereocenters. The molecule has 236 valence electrons. The van der Waals surface area contributed by atoms with Crippen LogP contribution in [0, 0.1) is 22.7 Å². The Kier molecular flexibility index (Phi) is 18.4. The van der Waals surface area contributed by atoms with Crippen LogP contribution in [-0.4, -0.2) is 66.3 Å². The Balaban J connectivity index is 0.000000677. The van der Waals surface area contributed by atoms with Gasteiger partial charge in [-0.25, -0.2) is 9.59 Å². The van der Waals surface area contributed by atoms with Crippen molar-refractivity contribution in [1.82, 2.24) is 9.80 Å². The van der Waals surface area contributed by atoms with Gasteiger partial charge < -0.3 is 19.3 Å². The highest BCUT2D eigenvalue weighted by atomic mass is 35.5. The second-order valence-electron chi connectivity index (χ2n) is 11.5. The number of carbonyl (C=O) groups is 2. The van der Waals surface area contributed by atoms with Crippen LogP contribution in [0.4, 0.5) is 9.59 Å². The number of carbonyl (C=O) groups excluding carboxylic acids is 2. The highest BCUT2D eigenvalue weighted by Gasteiger charge is 2.21. The van der Waals surface area contributed by atoms with Crippen LogP contribution in [-0.2, 0) is 15.9 Å². The van der Waals surface area contributed by atoms with E-state index >= 15 is 0 Å². The summed E-state index contributed by atoms with van der Waals surface area (Å²) in [6.45, 7) is 11.9. The molecule has 2 aromatic rings. The average molecular weight is 654 g/mol. The zero-order valence-electron chi connectivity index (χ0n) is 26.3. The van der Waals surface area contributed by atoms with Crippen molar-refractivity contribution in [3.63, 3.8) is 0 Å². The predicted molar refractivity (Wildman–Crippen MR) is 174 cm³/mol. The molecule has 0 saturated heterocycles. The molecule has 43 heavy (non-hydrogen) atoms. The number of benzene rings is 2. The van der Waals surface area contributed by atoms with Gasteiger partial charge in [0, 0.05) is 43.1 Å². The van der Waals surface area contributed by atoms with Crippen LogP contribution in [0.15, 0.2) is 48.5 Å². The fourth-order valence-electron chi connectivity index (χ4n) is 3.01. The number of ether oxygens (including phenoxy) is 2. The Bertz CT molecular complexity index is 1200. The minimum Gasteiger partial charge on any atom is -0.444 e.